The number of rotatable bonds is 1. The van der Waals surface area contributed by atoms with Crippen molar-refractivity contribution in [1.29, 1.82) is 0 Å². The van der Waals surface area contributed by atoms with Crippen molar-refractivity contribution in [3.8, 4) is 0 Å². The van der Waals surface area contributed by atoms with Crippen LogP contribution < -0.4 is 5.32 Å². The van der Waals surface area contributed by atoms with Crippen LogP contribution in [0.4, 0.5) is 0 Å². The van der Waals surface area contributed by atoms with Gasteiger partial charge < -0.3 is 9.88 Å². The van der Waals surface area contributed by atoms with Crippen LogP contribution in [0, 0.1) is 0 Å². The summed E-state index contributed by atoms with van der Waals surface area (Å²) >= 11 is 2.01. The molecule has 0 amide bonds. The Kier molecular flexibility index (Phi) is 2.91. The monoisotopic (exact) mass is 238 g/mol. The molecule has 0 spiro atoms. The lowest BCUT2D eigenvalue weighted by atomic mass is 10.2. The fraction of sp³-hybridized carbons (Fsp3) is 0.727. The smallest absolute Gasteiger partial charge is 0.127 e. The van der Waals surface area contributed by atoms with Gasteiger partial charge in [0.05, 0.1) is 6.04 Å². The normalized spacial score (nSPS) is 26.7. The van der Waals surface area contributed by atoms with Crippen LogP contribution in [0.15, 0.2) is 6.20 Å². The van der Waals surface area contributed by atoms with E-state index in [1.54, 1.807) is 0 Å². The molecule has 2 aliphatic rings. The highest BCUT2D eigenvalue weighted by atomic mass is 32.2. The summed E-state index contributed by atoms with van der Waals surface area (Å²) in [7, 11) is 2.20. The van der Waals surface area contributed by atoms with Gasteiger partial charge in [0.25, 0.3) is 0 Å². The summed E-state index contributed by atoms with van der Waals surface area (Å²) in [5.74, 6) is 3.60. The van der Waals surface area contributed by atoms with Crippen molar-refractivity contribution in [3.05, 3.63) is 17.7 Å². The Labute approximate surface area is 100 Å². The van der Waals surface area contributed by atoms with Crippen LogP contribution in [0.25, 0.3) is 0 Å². The molecule has 0 radical (unpaired) electrons. The molecule has 16 heavy (non-hydrogen) atoms. The van der Waals surface area contributed by atoms with E-state index in [0.29, 0.717) is 6.04 Å². The van der Waals surface area contributed by atoms with Crippen molar-refractivity contribution in [1.82, 2.24) is 19.8 Å². The minimum Gasteiger partial charge on any atom is -0.329 e. The maximum Gasteiger partial charge on any atom is 0.127 e. The molecule has 1 saturated heterocycles. The first-order chi connectivity index (χ1) is 7.86. The van der Waals surface area contributed by atoms with Gasteiger partial charge in [0.2, 0.25) is 0 Å². The van der Waals surface area contributed by atoms with Gasteiger partial charge in [0.15, 0.2) is 0 Å². The summed E-state index contributed by atoms with van der Waals surface area (Å²) in [5.41, 5.74) is 1.39. The highest BCUT2D eigenvalue weighted by Crippen LogP contribution is 2.26. The Morgan fingerprint density at radius 1 is 1.50 bits per heavy atom. The van der Waals surface area contributed by atoms with Gasteiger partial charge in [0.1, 0.15) is 5.82 Å². The predicted molar refractivity (Wildman–Crippen MR) is 66.6 cm³/mol. The largest absolute Gasteiger partial charge is 0.329 e. The van der Waals surface area contributed by atoms with Crippen LogP contribution in [0.1, 0.15) is 17.6 Å². The lowest BCUT2D eigenvalue weighted by molar-refractivity contribution is 0.190. The van der Waals surface area contributed by atoms with Crippen LogP contribution in [0.5, 0.6) is 0 Å². The summed E-state index contributed by atoms with van der Waals surface area (Å²) in [5, 5.41) is 3.46. The standard InChI is InChI=1S/C11H18N4S/c1-14-3-2-12-7-10(14)11-13-6-9-8-16-5-4-15(9)11/h6,10,12H,2-5,7-8H2,1H3. The third-order valence-electron chi connectivity index (χ3n) is 3.49. The predicted octanol–water partition coefficient (Wildman–Crippen LogP) is 0.706. The molecule has 1 aromatic heterocycles. The fourth-order valence-electron chi connectivity index (χ4n) is 2.49. The van der Waals surface area contributed by atoms with Crippen molar-refractivity contribution in [3.63, 3.8) is 0 Å². The molecule has 88 valence electrons. The molecule has 3 rings (SSSR count). The summed E-state index contributed by atoms with van der Waals surface area (Å²) in [6.07, 6.45) is 2.06. The number of hydrogen-bond donors (Lipinski definition) is 1. The molecule has 0 aromatic carbocycles. The third-order valence-corrected chi connectivity index (χ3v) is 4.46. The molecule has 1 aromatic rings. The highest BCUT2D eigenvalue weighted by molar-refractivity contribution is 7.98. The van der Waals surface area contributed by atoms with Crippen LogP contribution in [0.2, 0.25) is 0 Å². The first kappa shape index (κ1) is 10.6. The molecule has 1 fully saturated rings. The second-order valence-corrected chi connectivity index (χ2v) is 5.62. The van der Waals surface area contributed by atoms with Gasteiger partial charge in [0, 0.05) is 49.6 Å². The molecule has 0 saturated carbocycles. The number of imidazole rings is 1. The summed E-state index contributed by atoms with van der Waals surface area (Å²) < 4.78 is 2.42. The topological polar surface area (TPSA) is 33.1 Å². The molecule has 1 unspecified atom stereocenters. The molecule has 4 nitrogen and oxygen atoms in total. The lowest BCUT2D eigenvalue weighted by Crippen LogP contribution is -2.45. The minimum absolute atomic E-state index is 0.450. The SMILES string of the molecule is CN1CCNCC1c1ncc2n1CCSC2. The quantitative estimate of drug-likeness (QED) is 0.781. The molecule has 0 bridgehead atoms. The van der Waals surface area contributed by atoms with Gasteiger partial charge in [-0.1, -0.05) is 0 Å². The zero-order valence-electron chi connectivity index (χ0n) is 9.65. The van der Waals surface area contributed by atoms with E-state index in [9.17, 15) is 0 Å². The van der Waals surface area contributed by atoms with E-state index >= 15 is 0 Å². The number of thioether (sulfide) groups is 1. The summed E-state index contributed by atoms with van der Waals surface area (Å²) in [4.78, 5) is 7.05. The maximum atomic E-state index is 4.64. The van der Waals surface area contributed by atoms with Crippen molar-refractivity contribution in [2.45, 2.75) is 18.3 Å². The van der Waals surface area contributed by atoms with Gasteiger partial charge in [-0.3, -0.25) is 4.90 Å². The third kappa shape index (κ3) is 1.77. The molecular weight excluding hydrogens is 220 g/mol. The lowest BCUT2D eigenvalue weighted by Gasteiger charge is -2.33. The Balaban J connectivity index is 1.90. The van der Waals surface area contributed by atoms with Crippen LogP contribution >= 0.6 is 11.8 Å². The zero-order chi connectivity index (χ0) is 11.0. The summed E-state index contributed by atoms with van der Waals surface area (Å²) in [6, 6.07) is 0.450. The molecular formula is C11H18N4S. The van der Waals surface area contributed by atoms with E-state index in [2.05, 4.69) is 33.0 Å². The Bertz CT molecular complexity index is 376. The zero-order valence-corrected chi connectivity index (χ0v) is 10.5. The molecule has 1 atom stereocenters. The van der Waals surface area contributed by atoms with E-state index in [1.807, 2.05) is 11.8 Å². The van der Waals surface area contributed by atoms with Crippen molar-refractivity contribution in [2.75, 3.05) is 32.4 Å². The molecule has 1 N–H and O–H groups in total. The van der Waals surface area contributed by atoms with Crippen molar-refractivity contribution < 1.29 is 0 Å². The number of likely N-dealkylation sites (N-methyl/N-ethyl adjacent to an activating group) is 1. The van der Waals surface area contributed by atoms with Gasteiger partial charge in [-0.05, 0) is 7.05 Å². The van der Waals surface area contributed by atoms with Gasteiger partial charge in [-0.25, -0.2) is 4.98 Å². The maximum absolute atomic E-state index is 4.64. The minimum atomic E-state index is 0.450. The van der Waals surface area contributed by atoms with Crippen molar-refractivity contribution >= 4 is 11.8 Å². The van der Waals surface area contributed by atoms with Gasteiger partial charge in [-0.2, -0.15) is 11.8 Å². The first-order valence-corrected chi connectivity index (χ1v) is 7.05. The van der Waals surface area contributed by atoms with E-state index in [4.69, 9.17) is 0 Å². The molecule has 0 aliphatic carbocycles. The number of fused-ring (bicyclic) bond motifs is 1. The Morgan fingerprint density at radius 2 is 2.44 bits per heavy atom. The number of nitrogens with one attached hydrogen (secondary N) is 1. The number of aromatic nitrogens is 2. The van der Waals surface area contributed by atoms with Crippen LogP contribution in [0.3, 0.4) is 0 Å². The Morgan fingerprint density at radius 3 is 3.31 bits per heavy atom. The Hall–Kier alpha value is -0.520. The average molecular weight is 238 g/mol. The van der Waals surface area contributed by atoms with Crippen LogP contribution in [-0.2, 0) is 12.3 Å². The second-order valence-electron chi connectivity index (χ2n) is 4.51. The van der Waals surface area contributed by atoms with E-state index in [0.717, 1.165) is 31.9 Å². The van der Waals surface area contributed by atoms with Gasteiger partial charge >= 0.3 is 0 Å². The highest BCUT2D eigenvalue weighted by Gasteiger charge is 2.26. The van der Waals surface area contributed by atoms with Gasteiger partial charge in [-0.15, -0.1) is 0 Å². The van der Waals surface area contributed by atoms with Crippen LogP contribution in [-0.4, -0.2) is 46.9 Å². The number of piperazine rings is 1. The van der Waals surface area contributed by atoms with Crippen molar-refractivity contribution in [2.24, 2.45) is 0 Å². The average Bonchev–Trinajstić information content (AvgIpc) is 2.74. The number of hydrogen-bond acceptors (Lipinski definition) is 4. The fourth-order valence-corrected chi connectivity index (χ4v) is 3.39. The summed E-state index contributed by atoms with van der Waals surface area (Å²) in [6.45, 7) is 4.36. The molecule has 3 heterocycles. The van der Waals surface area contributed by atoms with E-state index in [1.165, 1.54) is 17.3 Å². The van der Waals surface area contributed by atoms with E-state index in [-0.39, 0.29) is 0 Å². The molecule has 5 heteroatoms. The van der Waals surface area contributed by atoms with E-state index < -0.39 is 0 Å². The molecule has 2 aliphatic heterocycles. The second kappa shape index (κ2) is 4.39. The number of nitrogens with zero attached hydrogens (tertiary/aromatic N) is 3. The first-order valence-electron chi connectivity index (χ1n) is 5.89.